The number of benzene rings is 1. The van der Waals surface area contributed by atoms with Crippen LogP contribution in [0.25, 0.3) is 0 Å². The molecule has 1 aromatic rings. The minimum Gasteiger partial charge on any atom is -0.271 e. The van der Waals surface area contributed by atoms with Crippen LogP contribution in [0.4, 0.5) is 0 Å². The Hall–Kier alpha value is -0.860. The fourth-order valence-electron chi connectivity index (χ4n) is 1.75. The van der Waals surface area contributed by atoms with Gasteiger partial charge in [-0.25, -0.2) is 0 Å². The Morgan fingerprint density at radius 1 is 1.19 bits per heavy atom. The quantitative estimate of drug-likeness (QED) is 0.605. The van der Waals surface area contributed by atoms with Gasteiger partial charge < -0.3 is 0 Å². The van der Waals surface area contributed by atoms with Gasteiger partial charge in [-0.1, -0.05) is 52.0 Å². The lowest BCUT2D eigenvalue weighted by Gasteiger charge is -2.20. The van der Waals surface area contributed by atoms with Crippen LogP contribution in [0.2, 0.25) is 0 Å². The van der Waals surface area contributed by atoms with Crippen LogP contribution in [0.3, 0.4) is 0 Å². The van der Waals surface area contributed by atoms with E-state index in [-0.39, 0.29) is 5.41 Å². The zero-order valence-corrected chi connectivity index (χ0v) is 10.9. The van der Waals surface area contributed by atoms with Crippen molar-refractivity contribution in [2.75, 3.05) is 0 Å². The number of hydrogen-bond donors (Lipinski definition) is 2. The molecule has 0 bridgehead atoms. The fourth-order valence-corrected chi connectivity index (χ4v) is 1.75. The molecule has 0 amide bonds. The van der Waals surface area contributed by atoms with Gasteiger partial charge in [0.1, 0.15) is 0 Å². The van der Waals surface area contributed by atoms with Crippen molar-refractivity contribution in [3.05, 3.63) is 35.4 Å². The Kier molecular flexibility index (Phi) is 4.51. The molecule has 0 spiro atoms. The lowest BCUT2D eigenvalue weighted by molar-refractivity contribution is 0.510. The highest BCUT2D eigenvalue weighted by Gasteiger charge is 2.13. The van der Waals surface area contributed by atoms with E-state index >= 15 is 0 Å². The molecule has 2 heteroatoms. The highest BCUT2D eigenvalue weighted by molar-refractivity contribution is 5.27. The van der Waals surface area contributed by atoms with Gasteiger partial charge in [-0.3, -0.25) is 11.3 Å². The lowest BCUT2D eigenvalue weighted by atomic mass is 9.86. The summed E-state index contributed by atoms with van der Waals surface area (Å²) < 4.78 is 0. The van der Waals surface area contributed by atoms with E-state index in [2.05, 4.69) is 57.4 Å². The van der Waals surface area contributed by atoms with Gasteiger partial charge in [0, 0.05) is 6.04 Å². The second-order valence-corrected chi connectivity index (χ2v) is 5.42. The molecule has 1 rings (SSSR count). The number of hydrazine groups is 1. The van der Waals surface area contributed by atoms with Crippen LogP contribution in [-0.4, -0.2) is 6.04 Å². The average Bonchev–Trinajstić information content (AvgIpc) is 2.25. The molecule has 0 aliphatic rings. The van der Waals surface area contributed by atoms with Gasteiger partial charge in [-0.2, -0.15) is 0 Å². The van der Waals surface area contributed by atoms with Crippen LogP contribution >= 0.6 is 0 Å². The number of nitrogens with two attached hydrogens (primary N) is 1. The zero-order valence-electron chi connectivity index (χ0n) is 10.9. The summed E-state index contributed by atoms with van der Waals surface area (Å²) in [4.78, 5) is 0. The van der Waals surface area contributed by atoms with Gasteiger partial charge in [-0.05, 0) is 29.4 Å². The first kappa shape index (κ1) is 13.2. The molecule has 0 fully saturated rings. The van der Waals surface area contributed by atoms with Crippen molar-refractivity contribution >= 4 is 0 Å². The van der Waals surface area contributed by atoms with E-state index in [1.807, 2.05) is 0 Å². The predicted molar refractivity (Wildman–Crippen MR) is 70.2 cm³/mol. The van der Waals surface area contributed by atoms with Gasteiger partial charge in [0.15, 0.2) is 0 Å². The summed E-state index contributed by atoms with van der Waals surface area (Å²) in [6.07, 6.45) is 2.05. The first-order valence-corrected chi connectivity index (χ1v) is 6.03. The third-order valence-corrected chi connectivity index (χ3v) is 3.03. The van der Waals surface area contributed by atoms with Gasteiger partial charge >= 0.3 is 0 Å². The molecule has 16 heavy (non-hydrogen) atoms. The summed E-state index contributed by atoms with van der Waals surface area (Å²) in [5, 5.41) is 0. The van der Waals surface area contributed by atoms with Crippen LogP contribution < -0.4 is 11.3 Å². The molecule has 0 aliphatic carbocycles. The summed E-state index contributed by atoms with van der Waals surface area (Å²) in [7, 11) is 0. The van der Waals surface area contributed by atoms with Crippen molar-refractivity contribution in [3.8, 4) is 0 Å². The van der Waals surface area contributed by atoms with Crippen molar-refractivity contribution in [1.82, 2.24) is 5.43 Å². The fraction of sp³-hybridized carbons (Fsp3) is 0.571. The van der Waals surface area contributed by atoms with Gasteiger partial charge in [0.2, 0.25) is 0 Å². The normalized spacial score (nSPS) is 13.8. The molecule has 0 aromatic heterocycles. The predicted octanol–water partition coefficient (Wildman–Crippen LogP) is 2.77. The van der Waals surface area contributed by atoms with E-state index < -0.39 is 0 Å². The molecule has 1 unspecified atom stereocenters. The zero-order chi connectivity index (χ0) is 12.2. The summed E-state index contributed by atoms with van der Waals surface area (Å²) in [5.74, 6) is 5.48. The molecule has 1 aromatic carbocycles. The second-order valence-electron chi connectivity index (χ2n) is 5.42. The molecule has 1 atom stereocenters. The molecule has 0 saturated carbocycles. The monoisotopic (exact) mass is 220 g/mol. The summed E-state index contributed by atoms with van der Waals surface area (Å²) >= 11 is 0. The molecular formula is C14H24N2. The van der Waals surface area contributed by atoms with Crippen molar-refractivity contribution in [1.29, 1.82) is 0 Å². The van der Waals surface area contributed by atoms with Crippen LogP contribution in [0.1, 0.15) is 45.2 Å². The molecule has 90 valence electrons. The average molecular weight is 220 g/mol. The van der Waals surface area contributed by atoms with Crippen molar-refractivity contribution in [3.63, 3.8) is 0 Å². The van der Waals surface area contributed by atoms with Crippen LogP contribution in [-0.2, 0) is 11.8 Å². The highest BCUT2D eigenvalue weighted by Crippen LogP contribution is 2.22. The summed E-state index contributed by atoms with van der Waals surface area (Å²) in [6.45, 7) is 8.85. The maximum absolute atomic E-state index is 5.48. The first-order chi connectivity index (χ1) is 7.47. The summed E-state index contributed by atoms with van der Waals surface area (Å²) in [6, 6.07) is 9.23. The van der Waals surface area contributed by atoms with E-state index in [1.165, 1.54) is 11.1 Å². The minimum absolute atomic E-state index is 0.231. The standard InChI is InChI=1S/C14H24N2/c1-5-13(16-15)10-11-6-8-12(9-7-11)14(2,3)4/h6-9,13,16H,5,10,15H2,1-4H3. The maximum atomic E-state index is 5.48. The highest BCUT2D eigenvalue weighted by atomic mass is 15.2. The minimum atomic E-state index is 0.231. The second kappa shape index (κ2) is 5.46. The van der Waals surface area contributed by atoms with E-state index in [9.17, 15) is 0 Å². The van der Waals surface area contributed by atoms with Crippen molar-refractivity contribution in [2.45, 2.75) is 52.0 Å². The molecular weight excluding hydrogens is 196 g/mol. The van der Waals surface area contributed by atoms with Gasteiger partial charge in [0.05, 0.1) is 0 Å². The molecule has 0 radical (unpaired) electrons. The van der Waals surface area contributed by atoms with Crippen LogP contribution in [0.5, 0.6) is 0 Å². The third kappa shape index (κ3) is 3.62. The lowest BCUT2D eigenvalue weighted by Crippen LogP contribution is -2.36. The molecule has 2 nitrogen and oxygen atoms in total. The topological polar surface area (TPSA) is 38.0 Å². The number of rotatable bonds is 4. The van der Waals surface area contributed by atoms with Crippen LogP contribution in [0.15, 0.2) is 24.3 Å². The summed E-state index contributed by atoms with van der Waals surface area (Å²) in [5.41, 5.74) is 5.80. The Bertz CT molecular complexity index is 305. The largest absolute Gasteiger partial charge is 0.271 e. The van der Waals surface area contributed by atoms with Crippen molar-refractivity contribution < 1.29 is 0 Å². The first-order valence-electron chi connectivity index (χ1n) is 6.03. The molecule has 0 saturated heterocycles. The van der Waals surface area contributed by atoms with E-state index in [1.54, 1.807) is 0 Å². The number of hydrogen-bond acceptors (Lipinski definition) is 2. The third-order valence-electron chi connectivity index (χ3n) is 3.03. The molecule has 3 N–H and O–H groups in total. The maximum Gasteiger partial charge on any atom is 0.0248 e. The smallest absolute Gasteiger partial charge is 0.0248 e. The van der Waals surface area contributed by atoms with Gasteiger partial charge in [-0.15, -0.1) is 0 Å². The van der Waals surface area contributed by atoms with Crippen molar-refractivity contribution in [2.24, 2.45) is 5.84 Å². The Labute approximate surface area is 99.2 Å². The Morgan fingerprint density at radius 2 is 1.75 bits per heavy atom. The molecule has 0 aliphatic heterocycles. The van der Waals surface area contributed by atoms with E-state index in [0.29, 0.717) is 6.04 Å². The van der Waals surface area contributed by atoms with Crippen LogP contribution in [0, 0.1) is 0 Å². The van der Waals surface area contributed by atoms with E-state index in [0.717, 1.165) is 12.8 Å². The Morgan fingerprint density at radius 3 is 2.12 bits per heavy atom. The molecule has 0 heterocycles. The van der Waals surface area contributed by atoms with Gasteiger partial charge in [0.25, 0.3) is 0 Å². The SMILES string of the molecule is CCC(Cc1ccc(C(C)(C)C)cc1)NN. The van der Waals surface area contributed by atoms with E-state index in [4.69, 9.17) is 5.84 Å². The number of nitrogens with one attached hydrogen (secondary N) is 1. The Balaban J connectivity index is 2.72.